The number of ether oxygens (including phenoxy) is 5. The molecule has 2 spiro atoms. The van der Waals surface area contributed by atoms with E-state index in [0.29, 0.717) is 83.5 Å². The molecule has 87 heavy (non-hydrogen) atoms. The predicted octanol–water partition coefficient (Wildman–Crippen LogP) is 10.6. The summed E-state index contributed by atoms with van der Waals surface area (Å²) in [7, 11) is 5.54. The molecule has 6 aromatic rings. The molecule has 4 aromatic carbocycles. The summed E-state index contributed by atoms with van der Waals surface area (Å²) in [6, 6.07) is 31.3. The molecule has 22 nitrogen and oxygen atoms in total. The highest BCUT2D eigenvalue weighted by Gasteiger charge is 2.54. The number of piperidine rings is 2. The van der Waals surface area contributed by atoms with E-state index in [0.717, 1.165) is 54.3 Å². The van der Waals surface area contributed by atoms with Crippen molar-refractivity contribution >= 4 is 70.2 Å². The first-order chi connectivity index (χ1) is 41.4. The van der Waals surface area contributed by atoms with Crippen molar-refractivity contribution in [3.8, 4) is 22.6 Å². The van der Waals surface area contributed by atoms with Crippen LogP contribution in [-0.2, 0) is 36.6 Å². The van der Waals surface area contributed by atoms with E-state index in [2.05, 4.69) is 31.2 Å². The Labute approximate surface area is 517 Å². The lowest BCUT2D eigenvalue weighted by atomic mass is 9.82. The van der Waals surface area contributed by atoms with Gasteiger partial charge >= 0.3 is 37.5 Å². The number of anilines is 2. The van der Waals surface area contributed by atoms with Crippen molar-refractivity contribution in [2.75, 3.05) is 77.5 Å². The van der Waals surface area contributed by atoms with Crippen LogP contribution in [0.15, 0.2) is 126 Å². The van der Waals surface area contributed by atoms with Crippen LogP contribution in [-0.4, -0.2) is 173 Å². The Morgan fingerprint density at radius 3 is 1.51 bits per heavy atom. The molecule has 462 valence electrons. The number of aromatic amines is 1. The SMILES string of the molecule is CC(C)(C)OC(=O)n1cc(B2OC(C)(C)C(C)(C)O2)cn1.COC(=O)N1CCC2(CC1)CN(c1ccc(-c3cn[nH]c3)cc1)C(=O)N2Cc1cccc(OC)c1.COC(=O)N1CCC2(CC1)CN(c1ccc(Br)cc1)C(=O)N2Cc1cccc(OC)c1. The summed E-state index contributed by atoms with van der Waals surface area (Å²) >= 11 is 3.46. The lowest BCUT2D eigenvalue weighted by molar-refractivity contribution is 0.00578. The van der Waals surface area contributed by atoms with Gasteiger partial charge in [0.05, 0.1) is 70.0 Å². The first kappa shape index (κ1) is 63.4. The Morgan fingerprint density at radius 2 is 1.09 bits per heavy atom. The Bertz CT molecular complexity index is 3360. The second-order valence-corrected chi connectivity index (χ2v) is 25.2. The minimum atomic E-state index is -0.562. The van der Waals surface area contributed by atoms with Gasteiger partial charge in [0.25, 0.3) is 0 Å². The number of nitrogens with one attached hydrogen (secondary N) is 1. The zero-order valence-corrected chi connectivity index (χ0v) is 53.0. The lowest BCUT2D eigenvalue weighted by Crippen LogP contribution is -2.55. The third-order valence-corrected chi connectivity index (χ3v) is 17.6. The van der Waals surface area contributed by atoms with Gasteiger partial charge in [-0.05, 0) is 152 Å². The molecule has 11 rings (SSSR count). The van der Waals surface area contributed by atoms with Crippen molar-refractivity contribution in [3.05, 3.63) is 137 Å². The summed E-state index contributed by atoms with van der Waals surface area (Å²) in [6.07, 6.45) is 8.36. The summed E-state index contributed by atoms with van der Waals surface area (Å²) in [5, 5.41) is 10.9. The van der Waals surface area contributed by atoms with E-state index >= 15 is 0 Å². The lowest BCUT2D eigenvalue weighted by Gasteiger charge is -2.43. The number of nitrogens with zero attached hydrogens (tertiary/aromatic N) is 9. The maximum Gasteiger partial charge on any atom is 0.498 e. The van der Waals surface area contributed by atoms with E-state index in [9.17, 15) is 24.0 Å². The minimum Gasteiger partial charge on any atom is -0.497 e. The predicted molar refractivity (Wildman–Crippen MR) is 332 cm³/mol. The Balaban J connectivity index is 0.000000161. The van der Waals surface area contributed by atoms with Gasteiger partial charge in [-0.1, -0.05) is 52.3 Å². The summed E-state index contributed by atoms with van der Waals surface area (Å²) in [5.41, 5.74) is 4.32. The van der Waals surface area contributed by atoms with Gasteiger partial charge in [-0.25, -0.2) is 24.0 Å². The average molecular weight is 1260 g/mol. The van der Waals surface area contributed by atoms with E-state index in [-0.39, 0.29) is 35.3 Å². The molecular weight excluding hydrogens is 1180 g/mol. The van der Waals surface area contributed by atoms with Crippen molar-refractivity contribution in [1.29, 1.82) is 0 Å². The zero-order valence-electron chi connectivity index (χ0n) is 51.4. The van der Waals surface area contributed by atoms with Crippen LogP contribution >= 0.6 is 15.9 Å². The second-order valence-electron chi connectivity index (χ2n) is 24.3. The molecule has 5 saturated heterocycles. The molecule has 5 aliphatic heterocycles. The molecule has 0 unspecified atom stereocenters. The summed E-state index contributed by atoms with van der Waals surface area (Å²) < 4.78 is 39.8. The number of rotatable bonds is 10. The molecule has 2 aromatic heterocycles. The summed E-state index contributed by atoms with van der Waals surface area (Å²) in [5.74, 6) is 1.53. The van der Waals surface area contributed by atoms with Crippen molar-refractivity contribution in [3.63, 3.8) is 0 Å². The van der Waals surface area contributed by atoms with E-state index in [4.69, 9.17) is 33.0 Å². The number of amides is 6. The van der Waals surface area contributed by atoms with Gasteiger partial charge in [-0.2, -0.15) is 14.9 Å². The fourth-order valence-electron chi connectivity index (χ4n) is 11.4. The molecular formula is C63H78BBrN10O12. The van der Waals surface area contributed by atoms with E-state index in [1.54, 1.807) is 42.6 Å². The highest BCUT2D eigenvalue weighted by atomic mass is 79.9. The minimum absolute atomic E-state index is 0.0170. The highest BCUT2D eigenvalue weighted by molar-refractivity contribution is 9.10. The number of carbonyl (C=O) groups excluding carboxylic acids is 5. The molecule has 6 amide bonds. The number of H-pyrrole nitrogens is 1. The normalized spacial score (nSPS) is 18.3. The maximum absolute atomic E-state index is 13.8. The van der Waals surface area contributed by atoms with Crippen LogP contribution < -0.4 is 24.7 Å². The Kier molecular flexibility index (Phi) is 19.0. The molecule has 0 atom stereocenters. The molecule has 5 fully saturated rings. The van der Waals surface area contributed by atoms with Crippen LogP contribution in [0.1, 0.15) is 85.3 Å². The van der Waals surface area contributed by atoms with Gasteiger partial charge in [-0.15, -0.1) is 0 Å². The number of methoxy groups -OCH3 is 4. The van der Waals surface area contributed by atoms with Crippen LogP contribution in [0, 0.1) is 0 Å². The number of urea groups is 2. The van der Waals surface area contributed by atoms with Crippen molar-refractivity contribution in [1.82, 2.24) is 39.6 Å². The van der Waals surface area contributed by atoms with Gasteiger partial charge in [0, 0.05) is 84.7 Å². The maximum atomic E-state index is 13.8. The van der Waals surface area contributed by atoms with Gasteiger partial charge in [0.15, 0.2) is 0 Å². The molecule has 7 heterocycles. The fraction of sp³-hybridized carbons (Fsp3) is 0.444. The monoisotopic (exact) mass is 1260 g/mol. The highest BCUT2D eigenvalue weighted by Crippen LogP contribution is 2.42. The molecule has 0 bridgehead atoms. The van der Waals surface area contributed by atoms with E-state index in [1.165, 1.54) is 14.2 Å². The molecule has 1 N–H and O–H groups in total. The average Bonchev–Trinajstić information content (AvgIpc) is 1.76. The van der Waals surface area contributed by atoms with Crippen LogP contribution in [0.5, 0.6) is 11.5 Å². The van der Waals surface area contributed by atoms with Crippen LogP contribution in [0.25, 0.3) is 11.1 Å². The summed E-state index contributed by atoms with van der Waals surface area (Å²) in [4.78, 5) is 74.5. The quantitative estimate of drug-likeness (QED) is 0.0998. The third-order valence-electron chi connectivity index (χ3n) is 17.0. The number of benzene rings is 4. The Morgan fingerprint density at radius 1 is 0.632 bits per heavy atom. The molecule has 24 heteroatoms. The number of carbonyl (C=O) groups is 5. The smallest absolute Gasteiger partial charge is 0.497 e. The molecule has 0 aliphatic carbocycles. The Hall–Kier alpha value is -8.09. The zero-order chi connectivity index (χ0) is 62.5. The number of halogens is 1. The first-order valence-corrected chi connectivity index (χ1v) is 29.8. The van der Waals surface area contributed by atoms with Gasteiger partial charge in [0.2, 0.25) is 0 Å². The molecule has 0 radical (unpaired) electrons. The van der Waals surface area contributed by atoms with Gasteiger partial charge < -0.3 is 52.6 Å². The van der Waals surface area contributed by atoms with E-state index in [1.807, 2.05) is 171 Å². The van der Waals surface area contributed by atoms with Crippen LogP contribution in [0.4, 0.5) is 35.3 Å². The van der Waals surface area contributed by atoms with Crippen molar-refractivity contribution in [2.45, 2.75) is 115 Å². The van der Waals surface area contributed by atoms with Crippen LogP contribution in [0.2, 0.25) is 0 Å². The first-order valence-electron chi connectivity index (χ1n) is 29.0. The third kappa shape index (κ3) is 14.2. The van der Waals surface area contributed by atoms with Crippen molar-refractivity contribution in [2.24, 2.45) is 0 Å². The standard InChI is InChI=1S/C26H29N5O4.C23H26BrN3O4.C14H23BN2O4/c1-34-23-5-3-4-19(14-23)17-31-24(32)30(18-26(31)10-12-29(13-11-26)25(33)35-2)22-8-6-20(7-9-22)21-15-27-28-16-21;1-30-20-5-3-4-17(14-20)15-27-21(28)26(19-8-6-18(24)7-9-19)16-23(27)10-12-25(13-11-23)22(29)31-2;1-12(2,3)19-11(18)17-9-10(8-16-17)15-20-13(4,5)14(6,7)21-15/h3-9,14-16H,10-13,17-18H2,1-2H3,(H,27,28);3-9,14H,10-13,15-16H2,1-2H3;8-9H,1-7H3. The number of aromatic nitrogens is 4. The number of hydrogen-bond donors (Lipinski definition) is 1. The number of hydrogen-bond acceptors (Lipinski definition) is 14. The topological polar surface area (TPSA) is 216 Å². The second kappa shape index (κ2) is 26.1. The van der Waals surface area contributed by atoms with Crippen LogP contribution in [0.3, 0.4) is 0 Å². The van der Waals surface area contributed by atoms with Gasteiger partial charge in [0.1, 0.15) is 17.1 Å². The van der Waals surface area contributed by atoms with Gasteiger partial charge in [-0.3, -0.25) is 14.9 Å². The molecule has 5 aliphatic rings. The summed E-state index contributed by atoms with van der Waals surface area (Å²) in [6.45, 7) is 17.7. The van der Waals surface area contributed by atoms with Crippen molar-refractivity contribution < 1.29 is 57.0 Å². The number of likely N-dealkylation sites (tertiary alicyclic amines) is 2. The van der Waals surface area contributed by atoms with E-state index < -0.39 is 30.0 Å². The molecule has 0 saturated carbocycles. The fourth-order valence-corrected chi connectivity index (χ4v) is 11.7. The largest absolute Gasteiger partial charge is 0.498 e.